The van der Waals surface area contributed by atoms with Crippen molar-refractivity contribution in [2.24, 2.45) is 7.05 Å². The summed E-state index contributed by atoms with van der Waals surface area (Å²) in [6.07, 6.45) is 0. The summed E-state index contributed by atoms with van der Waals surface area (Å²) in [4.78, 5) is 4.66. The van der Waals surface area contributed by atoms with Gasteiger partial charge in [-0.15, -0.1) is 0 Å². The smallest absolute Gasteiger partial charge is 0.128 e. The molecule has 0 unspecified atom stereocenters. The van der Waals surface area contributed by atoms with E-state index in [1.54, 1.807) is 0 Å². The second-order valence-corrected chi connectivity index (χ2v) is 7.30. The van der Waals surface area contributed by atoms with Crippen molar-refractivity contribution >= 4 is 64.5 Å². The standard InChI is InChI=1S/C15H12Br3N3/c1-21-13-5-3-2-4-12(13)20-14(21)8-19-15-10(17)6-9(16)7-11(15)18/h2-7,19H,8H2,1H3. The van der Waals surface area contributed by atoms with Crippen LogP contribution in [0.1, 0.15) is 5.82 Å². The largest absolute Gasteiger partial charge is 0.376 e. The summed E-state index contributed by atoms with van der Waals surface area (Å²) in [5.74, 6) is 0.998. The van der Waals surface area contributed by atoms with E-state index < -0.39 is 0 Å². The van der Waals surface area contributed by atoms with Gasteiger partial charge >= 0.3 is 0 Å². The van der Waals surface area contributed by atoms with Gasteiger partial charge in [-0.2, -0.15) is 0 Å². The van der Waals surface area contributed by atoms with Crippen molar-refractivity contribution in [3.8, 4) is 0 Å². The van der Waals surface area contributed by atoms with Crippen LogP contribution in [0.5, 0.6) is 0 Å². The number of anilines is 1. The topological polar surface area (TPSA) is 29.9 Å². The Balaban J connectivity index is 1.89. The molecule has 0 radical (unpaired) electrons. The first-order valence-electron chi connectivity index (χ1n) is 6.35. The number of fused-ring (bicyclic) bond motifs is 1. The summed E-state index contributed by atoms with van der Waals surface area (Å²) < 4.78 is 5.14. The number of imidazole rings is 1. The fourth-order valence-corrected chi connectivity index (χ4v) is 4.77. The Kier molecular flexibility index (Phi) is 4.38. The number of aryl methyl sites for hydroxylation is 1. The van der Waals surface area contributed by atoms with Crippen LogP contribution in [0.15, 0.2) is 49.8 Å². The number of para-hydroxylation sites is 2. The minimum Gasteiger partial charge on any atom is -0.376 e. The molecule has 1 aromatic heterocycles. The predicted octanol–water partition coefficient (Wildman–Crippen LogP) is 5.47. The molecular weight excluding hydrogens is 462 g/mol. The fourth-order valence-electron chi connectivity index (χ4n) is 2.23. The second kappa shape index (κ2) is 6.10. The SMILES string of the molecule is Cn1c(CNc2c(Br)cc(Br)cc2Br)nc2ccccc21. The van der Waals surface area contributed by atoms with Gasteiger partial charge < -0.3 is 9.88 Å². The fraction of sp³-hybridized carbons (Fsp3) is 0.133. The summed E-state index contributed by atoms with van der Waals surface area (Å²) >= 11 is 10.6. The van der Waals surface area contributed by atoms with Gasteiger partial charge in [0.1, 0.15) is 5.82 Å². The maximum absolute atomic E-state index is 4.66. The van der Waals surface area contributed by atoms with Crippen molar-refractivity contribution in [3.63, 3.8) is 0 Å². The van der Waals surface area contributed by atoms with E-state index in [1.807, 2.05) is 37.4 Å². The Hall–Kier alpha value is -0.850. The van der Waals surface area contributed by atoms with Gasteiger partial charge in [0, 0.05) is 20.5 Å². The predicted molar refractivity (Wildman–Crippen MR) is 97.6 cm³/mol. The Morgan fingerprint density at radius 1 is 1.10 bits per heavy atom. The van der Waals surface area contributed by atoms with E-state index in [9.17, 15) is 0 Å². The zero-order valence-electron chi connectivity index (χ0n) is 11.2. The van der Waals surface area contributed by atoms with Crippen LogP contribution in [0.4, 0.5) is 5.69 Å². The van der Waals surface area contributed by atoms with Crippen LogP contribution in [0.2, 0.25) is 0 Å². The monoisotopic (exact) mass is 471 g/mol. The summed E-state index contributed by atoms with van der Waals surface area (Å²) in [5, 5.41) is 3.43. The van der Waals surface area contributed by atoms with Crippen molar-refractivity contribution in [1.82, 2.24) is 9.55 Å². The maximum Gasteiger partial charge on any atom is 0.128 e. The molecule has 108 valence electrons. The van der Waals surface area contributed by atoms with E-state index in [1.165, 1.54) is 0 Å². The molecule has 0 atom stereocenters. The normalized spacial score (nSPS) is 11.0. The molecule has 0 bridgehead atoms. The molecule has 0 spiro atoms. The van der Waals surface area contributed by atoms with Crippen LogP contribution in [0, 0.1) is 0 Å². The van der Waals surface area contributed by atoms with Crippen LogP contribution in [0.3, 0.4) is 0 Å². The van der Waals surface area contributed by atoms with Crippen molar-refractivity contribution in [3.05, 3.63) is 55.6 Å². The zero-order chi connectivity index (χ0) is 15.0. The molecular formula is C15H12Br3N3. The first kappa shape index (κ1) is 15.1. The summed E-state index contributed by atoms with van der Waals surface area (Å²) in [6, 6.07) is 12.2. The van der Waals surface area contributed by atoms with E-state index in [4.69, 9.17) is 0 Å². The number of nitrogens with one attached hydrogen (secondary N) is 1. The summed E-state index contributed by atoms with van der Waals surface area (Å²) in [5.41, 5.74) is 3.18. The highest BCUT2D eigenvalue weighted by Crippen LogP contribution is 2.34. The van der Waals surface area contributed by atoms with Crippen LogP contribution in [-0.4, -0.2) is 9.55 Å². The van der Waals surface area contributed by atoms with Gasteiger partial charge in [0.05, 0.1) is 23.3 Å². The Morgan fingerprint density at radius 2 is 1.76 bits per heavy atom. The van der Waals surface area contributed by atoms with Gasteiger partial charge in [-0.1, -0.05) is 28.1 Å². The number of hydrogen-bond acceptors (Lipinski definition) is 2. The van der Waals surface area contributed by atoms with Gasteiger partial charge in [-0.05, 0) is 56.1 Å². The van der Waals surface area contributed by atoms with Gasteiger partial charge in [-0.3, -0.25) is 0 Å². The Bertz CT molecular complexity index is 788. The van der Waals surface area contributed by atoms with Gasteiger partial charge in [0.25, 0.3) is 0 Å². The van der Waals surface area contributed by atoms with Gasteiger partial charge in [0.2, 0.25) is 0 Å². The quantitative estimate of drug-likeness (QED) is 0.546. The highest BCUT2D eigenvalue weighted by molar-refractivity contribution is 9.11. The van der Waals surface area contributed by atoms with E-state index in [0.29, 0.717) is 6.54 Å². The number of benzene rings is 2. The van der Waals surface area contributed by atoms with E-state index in [2.05, 4.69) is 68.7 Å². The lowest BCUT2D eigenvalue weighted by atomic mass is 10.3. The first-order valence-corrected chi connectivity index (χ1v) is 8.73. The molecule has 3 aromatic rings. The molecule has 0 amide bonds. The summed E-state index contributed by atoms with van der Waals surface area (Å²) in [7, 11) is 2.04. The van der Waals surface area contributed by atoms with Crippen LogP contribution >= 0.6 is 47.8 Å². The zero-order valence-corrected chi connectivity index (χ0v) is 16.0. The van der Waals surface area contributed by atoms with Crippen molar-refractivity contribution in [2.45, 2.75) is 6.54 Å². The van der Waals surface area contributed by atoms with E-state index in [-0.39, 0.29) is 0 Å². The lowest BCUT2D eigenvalue weighted by molar-refractivity contribution is 0.834. The summed E-state index contributed by atoms with van der Waals surface area (Å²) in [6.45, 7) is 0.657. The van der Waals surface area contributed by atoms with Crippen molar-refractivity contribution in [1.29, 1.82) is 0 Å². The maximum atomic E-state index is 4.66. The average molecular weight is 474 g/mol. The molecule has 1 heterocycles. The molecule has 3 rings (SSSR count). The molecule has 0 aliphatic carbocycles. The second-order valence-electron chi connectivity index (χ2n) is 4.67. The molecule has 0 fully saturated rings. The number of aromatic nitrogens is 2. The Morgan fingerprint density at radius 3 is 2.43 bits per heavy atom. The average Bonchev–Trinajstić information content (AvgIpc) is 2.75. The number of halogens is 3. The molecule has 1 N–H and O–H groups in total. The molecule has 0 aliphatic rings. The third-order valence-electron chi connectivity index (χ3n) is 3.31. The molecule has 0 saturated heterocycles. The van der Waals surface area contributed by atoms with Crippen LogP contribution in [0.25, 0.3) is 11.0 Å². The number of hydrogen-bond donors (Lipinski definition) is 1. The highest BCUT2D eigenvalue weighted by Gasteiger charge is 2.10. The lowest BCUT2D eigenvalue weighted by Crippen LogP contribution is -2.06. The molecule has 0 saturated carbocycles. The highest BCUT2D eigenvalue weighted by atomic mass is 79.9. The van der Waals surface area contributed by atoms with Crippen molar-refractivity contribution < 1.29 is 0 Å². The van der Waals surface area contributed by atoms with Gasteiger partial charge in [0.15, 0.2) is 0 Å². The van der Waals surface area contributed by atoms with Crippen molar-refractivity contribution in [2.75, 3.05) is 5.32 Å². The minimum absolute atomic E-state index is 0.657. The third kappa shape index (κ3) is 3.03. The van der Waals surface area contributed by atoms with Crippen LogP contribution < -0.4 is 5.32 Å². The molecule has 21 heavy (non-hydrogen) atoms. The number of rotatable bonds is 3. The third-order valence-corrected chi connectivity index (χ3v) is 5.02. The first-order chi connectivity index (χ1) is 10.1. The molecule has 0 aliphatic heterocycles. The Labute approximate surface area is 148 Å². The van der Waals surface area contributed by atoms with E-state index >= 15 is 0 Å². The van der Waals surface area contributed by atoms with Gasteiger partial charge in [-0.25, -0.2) is 4.98 Å². The minimum atomic E-state index is 0.657. The number of nitrogens with zero attached hydrogens (tertiary/aromatic N) is 2. The molecule has 6 heteroatoms. The molecule has 2 aromatic carbocycles. The lowest BCUT2D eigenvalue weighted by Gasteiger charge is -2.11. The van der Waals surface area contributed by atoms with Crippen LogP contribution in [-0.2, 0) is 13.6 Å². The van der Waals surface area contributed by atoms with E-state index in [0.717, 1.165) is 36.0 Å². The molecule has 3 nitrogen and oxygen atoms in total.